The Morgan fingerprint density at radius 1 is 1.17 bits per heavy atom. The van der Waals surface area contributed by atoms with E-state index in [1.807, 2.05) is 0 Å². The van der Waals surface area contributed by atoms with E-state index in [0.29, 0.717) is 17.9 Å². The summed E-state index contributed by atoms with van der Waals surface area (Å²) in [4.78, 5) is 31.6. The number of amides is 2. The predicted molar refractivity (Wildman–Crippen MR) is 62.6 cm³/mol. The number of anilines is 1. The quantitative estimate of drug-likeness (QED) is 0.256. The summed E-state index contributed by atoms with van der Waals surface area (Å²) in [6.45, 7) is 0.291. The second-order valence-corrected chi connectivity index (χ2v) is 3.04. The largest absolute Gasteiger partial charge is 0.429 e. The molecule has 1 rings (SSSR count). The second-order valence-electron chi connectivity index (χ2n) is 3.04. The van der Waals surface area contributed by atoms with Crippen molar-refractivity contribution in [1.82, 2.24) is 0 Å². The molecule has 8 nitrogen and oxygen atoms in total. The molecule has 1 aromatic rings. The summed E-state index contributed by atoms with van der Waals surface area (Å²) < 4.78 is 4.57. The van der Waals surface area contributed by atoms with E-state index in [9.17, 15) is 14.4 Å². The Balaban J connectivity index is 2.78. The molecule has 0 unspecified atom stereocenters. The molecule has 0 atom stereocenters. The monoisotopic (exact) mass is 250 g/mol. The lowest BCUT2D eigenvalue weighted by atomic mass is 10.3. The van der Waals surface area contributed by atoms with Gasteiger partial charge in [-0.15, -0.1) is 0 Å². The van der Waals surface area contributed by atoms with Crippen molar-refractivity contribution in [2.45, 2.75) is 0 Å². The summed E-state index contributed by atoms with van der Waals surface area (Å²) >= 11 is 0. The van der Waals surface area contributed by atoms with Gasteiger partial charge in [-0.25, -0.2) is 0 Å². The third-order valence-electron chi connectivity index (χ3n) is 1.80. The molecule has 0 saturated carbocycles. The summed E-state index contributed by atoms with van der Waals surface area (Å²) in [5.74, 6) is -1.73. The molecule has 0 aliphatic rings. The number of benzene rings is 1. The van der Waals surface area contributed by atoms with Crippen molar-refractivity contribution in [1.29, 1.82) is 0 Å². The van der Waals surface area contributed by atoms with Crippen molar-refractivity contribution in [3.05, 3.63) is 24.3 Å². The number of hydrogen-bond acceptors (Lipinski definition) is 6. The van der Waals surface area contributed by atoms with Gasteiger partial charge in [0, 0.05) is 0 Å². The number of hydrazone groups is 1. The van der Waals surface area contributed by atoms with E-state index in [-0.39, 0.29) is 0 Å². The van der Waals surface area contributed by atoms with Crippen LogP contribution < -0.4 is 21.6 Å². The van der Waals surface area contributed by atoms with E-state index in [0.717, 1.165) is 0 Å². The fourth-order valence-electron chi connectivity index (χ4n) is 1.02. The van der Waals surface area contributed by atoms with Crippen LogP contribution >= 0.6 is 0 Å². The number of nitrogens with zero attached hydrogens (tertiary/aromatic N) is 1. The number of primary amides is 2. The highest BCUT2D eigenvalue weighted by Gasteiger charge is 2.13. The molecule has 18 heavy (non-hydrogen) atoms. The van der Waals surface area contributed by atoms with Gasteiger partial charge in [-0.1, -0.05) is 0 Å². The number of carbonyl (C=O) groups is 3. The van der Waals surface area contributed by atoms with Crippen molar-refractivity contribution in [2.24, 2.45) is 16.6 Å². The number of nitrogens with one attached hydrogen (secondary N) is 1. The van der Waals surface area contributed by atoms with Gasteiger partial charge in [-0.2, -0.15) is 5.10 Å². The highest BCUT2D eigenvalue weighted by molar-refractivity contribution is 6.64. The third kappa shape index (κ3) is 3.59. The van der Waals surface area contributed by atoms with Crippen LogP contribution in [0.3, 0.4) is 0 Å². The van der Waals surface area contributed by atoms with Gasteiger partial charge in [-0.05, 0) is 24.3 Å². The standard InChI is InChI=1S/C10H10N4O4/c11-9(16)8(10(12)17)14-13-6-1-3-7(4-2-6)18-5-15/h1-5,13H,(H2,11,16)(H2,12,17). The third-order valence-corrected chi connectivity index (χ3v) is 1.80. The summed E-state index contributed by atoms with van der Waals surface area (Å²) in [5.41, 5.74) is 12.1. The Kier molecular flexibility index (Phi) is 4.38. The van der Waals surface area contributed by atoms with Crippen molar-refractivity contribution < 1.29 is 19.1 Å². The van der Waals surface area contributed by atoms with E-state index in [1.165, 1.54) is 24.3 Å². The van der Waals surface area contributed by atoms with E-state index in [2.05, 4.69) is 15.3 Å². The minimum atomic E-state index is -1.03. The molecule has 0 aliphatic heterocycles. The minimum Gasteiger partial charge on any atom is -0.429 e. The van der Waals surface area contributed by atoms with E-state index < -0.39 is 17.5 Å². The normalized spacial score (nSPS) is 9.11. The number of carbonyl (C=O) groups excluding carboxylic acids is 3. The lowest BCUT2D eigenvalue weighted by Gasteiger charge is -2.03. The molecule has 0 radical (unpaired) electrons. The first-order chi connectivity index (χ1) is 8.54. The van der Waals surface area contributed by atoms with Crippen LogP contribution in [0.25, 0.3) is 0 Å². The maximum atomic E-state index is 10.8. The minimum absolute atomic E-state index is 0.291. The molecule has 0 spiro atoms. The summed E-state index contributed by atoms with van der Waals surface area (Å²) in [6.07, 6.45) is 0. The molecule has 0 saturated heterocycles. The fourth-order valence-corrected chi connectivity index (χ4v) is 1.02. The van der Waals surface area contributed by atoms with Crippen LogP contribution in [0.4, 0.5) is 5.69 Å². The maximum Gasteiger partial charge on any atom is 0.298 e. The first-order valence-electron chi connectivity index (χ1n) is 4.68. The van der Waals surface area contributed by atoms with Crippen LogP contribution in [0.15, 0.2) is 29.4 Å². The molecule has 2 amide bonds. The van der Waals surface area contributed by atoms with E-state index >= 15 is 0 Å². The lowest BCUT2D eigenvalue weighted by Crippen LogP contribution is -2.36. The zero-order valence-electron chi connectivity index (χ0n) is 9.12. The number of rotatable bonds is 6. The zero-order valence-corrected chi connectivity index (χ0v) is 9.12. The lowest BCUT2D eigenvalue weighted by molar-refractivity contribution is -0.121. The fraction of sp³-hybridized carbons (Fsp3) is 0. The molecule has 1 aromatic carbocycles. The van der Waals surface area contributed by atoms with Crippen molar-refractivity contribution in [3.63, 3.8) is 0 Å². The second kappa shape index (κ2) is 5.99. The summed E-state index contributed by atoms with van der Waals surface area (Å²) in [6, 6.07) is 6.00. The van der Waals surface area contributed by atoms with Crippen LogP contribution in [0.1, 0.15) is 0 Å². The topological polar surface area (TPSA) is 137 Å². The van der Waals surface area contributed by atoms with Gasteiger partial charge < -0.3 is 16.2 Å². The molecule has 0 aromatic heterocycles. The number of ether oxygens (including phenoxy) is 1. The van der Waals surface area contributed by atoms with Crippen LogP contribution in [0.2, 0.25) is 0 Å². The summed E-state index contributed by atoms with van der Waals surface area (Å²) in [5, 5.41) is 3.48. The SMILES string of the molecule is NC(=O)C(=NNc1ccc(OC=O)cc1)C(N)=O. The van der Waals surface area contributed by atoms with Gasteiger partial charge in [0.1, 0.15) is 5.75 Å². The van der Waals surface area contributed by atoms with Crippen LogP contribution in [-0.4, -0.2) is 24.0 Å². The molecule has 0 fully saturated rings. The van der Waals surface area contributed by atoms with Gasteiger partial charge in [0.15, 0.2) is 0 Å². The van der Waals surface area contributed by atoms with Gasteiger partial charge in [0.2, 0.25) is 5.71 Å². The Morgan fingerprint density at radius 3 is 2.17 bits per heavy atom. The van der Waals surface area contributed by atoms with Crippen LogP contribution in [0.5, 0.6) is 5.75 Å². The molecule has 0 aliphatic carbocycles. The molecule has 0 heterocycles. The van der Waals surface area contributed by atoms with Gasteiger partial charge in [-0.3, -0.25) is 19.8 Å². The van der Waals surface area contributed by atoms with Crippen molar-refractivity contribution >= 4 is 29.7 Å². The highest BCUT2D eigenvalue weighted by atomic mass is 16.5. The average Bonchev–Trinajstić information content (AvgIpc) is 2.31. The Labute approximate surface area is 102 Å². The molecular formula is C10H10N4O4. The molecule has 8 heteroatoms. The first-order valence-corrected chi connectivity index (χ1v) is 4.68. The first kappa shape index (κ1) is 13.2. The van der Waals surface area contributed by atoms with Crippen molar-refractivity contribution in [3.8, 4) is 5.75 Å². The Morgan fingerprint density at radius 2 is 1.72 bits per heavy atom. The van der Waals surface area contributed by atoms with Gasteiger partial charge >= 0.3 is 0 Å². The summed E-state index contributed by atoms with van der Waals surface area (Å²) in [7, 11) is 0. The number of hydrogen-bond donors (Lipinski definition) is 3. The van der Waals surface area contributed by atoms with Crippen molar-refractivity contribution in [2.75, 3.05) is 5.43 Å². The Bertz CT molecular complexity index is 479. The van der Waals surface area contributed by atoms with E-state index in [1.54, 1.807) is 0 Å². The van der Waals surface area contributed by atoms with E-state index in [4.69, 9.17) is 11.5 Å². The number of nitrogens with two attached hydrogens (primary N) is 2. The maximum absolute atomic E-state index is 10.8. The van der Waals surface area contributed by atoms with Crippen LogP contribution in [-0.2, 0) is 14.4 Å². The molecular weight excluding hydrogens is 240 g/mol. The predicted octanol–water partition coefficient (Wildman–Crippen LogP) is -1.04. The van der Waals surface area contributed by atoms with Gasteiger partial charge in [0.05, 0.1) is 5.69 Å². The smallest absolute Gasteiger partial charge is 0.298 e. The highest BCUT2D eigenvalue weighted by Crippen LogP contribution is 2.14. The molecule has 5 N–H and O–H groups in total. The molecule has 0 bridgehead atoms. The Hall–Kier alpha value is -2.90. The average molecular weight is 250 g/mol. The zero-order chi connectivity index (χ0) is 13.5. The van der Waals surface area contributed by atoms with Crippen LogP contribution in [0, 0.1) is 0 Å². The van der Waals surface area contributed by atoms with Gasteiger partial charge in [0.25, 0.3) is 18.3 Å². The molecule has 94 valence electrons.